The lowest BCUT2D eigenvalue weighted by Gasteiger charge is -2.43. The predicted molar refractivity (Wildman–Crippen MR) is 189 cm³/mol. The molecule has 0 saturated carbocycles. The number of pyridine rings is 1. The van der Waals surface area contributed by atoms with Crippen LogP contribution in [0.15, 0.2) is 95.7 Å². The van der Waals surface area contributed by atoms with Crippen LogP contribution in [-0.4, -0.2) is 101 Å². The Morgan fingerprint density at radius 2 is 1.74 bits per heavy atom. The Morgan fingerprint density at radius 1 is 1.00 bits per heavy atom. The fourth-order valence-electron chi connectivity index (χ4n) is 7.04. The molecule has 1 unspecified atom stereocenters. The van der Waals surface area contributed by atoms with Gasteiger partial charge in [0.05, 0.1) is 18.2 Å². The molecule has 4 N–H and O–H groups in total. The number of carbonyl (C=O) groups is 2. The Kier molecular flexibility index (Phi) is 12.1. The number of ether oxygens (including phenoxy) is 1. The number of nitrogens with one attached hydrogen (secondary N) is 2. The van der Waals surface area contributed by atoms with Gasteiger partial charge in [0, 0.05) is 55.6 Å². The molecule has 2 aromatic carbocycles. The molecule has 0 radical (unpaired) electrons. The maximum absolute atomic E-state index is 13.9. The van der Waals surface area contributed by atoms with Gasteiger partial charge in [-0.1, -0.05) is 48.5 Å². The lowest BCUT2D eigenvalue weighted by Crippen LogP contribution is -2.61. The molecule has 282 valence electrons. The number of aromatic nitrogens is 1. The molecule has 1 fully saturated rings. The summed E-state index contributed by atoms with van der Waals surface area (Å²) in [6.07, 6.45) is -3.11. The molecule has 2 amide bonds. The van der Waals surface area contributed by atoms with E-state index in [9.17, 15) is 33.0 Å². The van der Waals surface area contributed by atoms with Gasteiger partial charge in [-0.15, -0.1) is 0 Å². The number of benzene rings is 2. The van der Waals surface area contributed by atoms with Crippen molar-refractivity contribution in [2.45, 2.75) is 56.3 Å². The number of fused-ring (bicyclic) bond motifs is 1. The number of nitrogens with zero attached hydrogens (tertiary/aromatic N) is 3. The van der Waals surface area contributed by atoms with Gasteiger partial charge in [0.25, 0.3) is 0 Å². The number of halogens is 3. The lowest BCUT2D eigenvalue weighted by atomic mass is 9.90. The Bertz CT molecular complexity index is 1810. The number of hydrogen-bond donors (Lipinski definition) is 4. The number of amides is 2. The van der Waals surface area contributed by atoms with Crippen LogP contribution < -0.4 is 15.4 Å². The zero-order valence-corrected chi connectivity index (χ0v) is 29.3. The molecule has 2 aliphatic rings. The molecule has 4 heterocycles. The summed E-state index contributed by atoms with van der Waals surface area (Å²) >= 11 is 0. The summed E-state index contributed by atoms with van der Waals surface area (Å²) in [5.74, 6) is -0.0911. The van der Waals surface area contributed by atoms with Crippen LogP contribution in [0.3, 0.4) is 0 Å². The van der Waals surface area contributed by atoms with Crippen LogP contribution in [0.5, 0.6) is 5.75 Å². The van der Waals surface area contributed by atoms with Crippen LogP contribution in [0.25, 0.3) is 11.3 Å². The zero-order chi connectivity index (χ0) is 37.5. The smallest absolute Gasteiger partial charge is 0.405 e. The number of hydrogen-bond acceptors (Lipinski definition) is 9. The second-order valence-corrected chi connectivity index (χ2v) is 13.6. The van der Waals surface area contributed by atoms with Crippen LogP contribution >= 0.6 is 0 Å². The third kappa shape index (κ3) is 9.82. The van der Waals surface area contributed by atoms with E-state index in [1.807, 2.05) is 71.7 Å². The second kappa shape index (κ2) is 16.9. The summed E-state index contributed by atoms with van der Waals surface area (Å²) in [5.41, 5.74) is 2.35. The third-order valence-electron chi connectivity index (χ3n) is 9.88. The molecule has 4 aromatic rings. The Hall–Kier alpha value is -4.76. The highest BCUT2D eigenvalue weighted by Gasteiger charge is 2.39. The number of rotatable bonds is 13. The summed E-state index contributed by atoms with van der Waals surface area (Å²) in [7, 11) is 0. The van der Waals surface area contributed by atoms with Crippen molar-refractivity contribution in [1.29, 1.82) is 0 Å². The molecule has 6 rings (SSSR count). The van der Waals surface area contributed by atoms with Gasteiger partial charge < -0.3 is 30.0 Å². The first kappa shape index (κ1) is 38.0. The standard InChI is InChI=1S/C39H44F3N5O6/c1-25(33-11-12-34(53-33)27-13-15-43-16-14-27)46-17-18-47(31(22-46)38(51)44-24-39(40,41)42)21-29(48)20-28(19-26-7-3-2-4-8-26)37(50)45-36-30-9-5-6-10-35(30)52-23-32(36)49/h2-16,25,28-29,31-32,36,48-49H,17-24H2,1H3,(H,44,51)(H,45,50)/t25?,28-,29+,31+,32-,36+/m1/s1. The molecule has 0 aliphatic carbocycles. The molecule has 2 aliphatic heterocycles. The van der Waals surface area contributed by atoms with Crippen LogP contribution in [0.1, 0.15) is 42.3 Å². The fourth-order valence-corrected chi connectivity index (χ4v) is 7.04. The van der Waals surface area contributed by atoms with E-state index in [0.29, 0.717) is 29.4 Å². The quantitative estimate of drug-likeness (QED) is 0.158. The summed E-state index contributed by atoms with van der Waals surface area (Å²) in [4.78, 5) is 35.0. The minimum absolute atomic E-state index is 0.000620. The maximum Gasteiger partial charge on any atom is 0.405 e. The van der Waals surface area contributed by atoms with E-state index in [1.165, 1.54) is 0 Å². The number of para-hydroxylation sites is 1. The molecule has 2 aromatic heterocycles. The van der Waals surface area contributed by atoms with Crippen molar-refractivity contribution in [2.24, 2.45) is 5.92 Å². The molecular formula is C39H44F3N5O6. The van der Waals surface area contributed by atoms with Gasteiger partial charge >= 0.3 is 6.18 Å². The zero-order valence-electron chi connectivity index (χ0n) is 29.3. The van der Waals surface area contributed by atoms with Gasteiger partial charge in [0.15, 0.2) is 0 Å². The number of alkyl halides is 3. The van der Waals surface area contributed by atoms with E-state index in [2.05, 4.69) is 10.3 Å². The minimum Gasteiger partial charge on any atom is -0.490 e. The van der Waals surface area contributed by atoms with Crippen LogP contribution in [0, 0.1) is 5.92 Å². The van der Waals surface area contributed by atoms with Gasteiger partial charge in [-0.05, 0) is 55.7 Å². The molecule has 1 saturated heterocycles. The Morgan fingerprint density at radius 3 is 2.49 bits per heavy atom. The van der Waals surface area contributed by atoms with Crippen LogP contribution in [0.2, 0.25) is 0 Å². The highest BCUT2D eigenvalue weighted by atomic mass is 19.4. The molecular weight excluding hydrogens is 691 g/mol. The maximum atomic E-state index is 13.9. The van der Waals surface area contributed by atoms with Crippen molar-refractivity contribution < 1.29 is 42.1 Å². The number of furan rings is 1. The number of β-amino-alcohol motifs (C(OH)–C–C–N with tert-alkyl or cyclic N) is 1. The normalized spacial score (nSPS) is 21.1. The van der Waals surface area contributed by atoms with E-state index in [-0.39, 0.29) is 51.0 Å². The number of piperazine rings is 1. The highest BCUT2D eigenvalue weighted by Crippen LogP contribution is 2.33. The van der Waals surface area contributed by atoms with Gasteiger partial charge in [0.2, 0.25) is 11.8 Å². The first-order valence-corrected chi connectivity index (χ1v) is 17.7. The van der Waals surface area contributed by atoms with Gasteiger partial charge in [0.1, 0.15) is 42.6 Å². The summed E-state index contributed by atoms with van der Waals surface area (Å²) in [5, 5.41) is 27.3. The number of carbonyl (C=O) groups excluding carboxylic acids is 2. The van der Waals surface area contributed by atoms with Crippen molar-refractivity contribution >= 4 is 11.8 Å². The average Bonchev–Trinajstić information content (AvgIpc) is 3.66. The van der Waals surface area contributed by atoms with Crippen molar-refractivity contribution in [3.63, 3.8) is 0 Å². The van der Waals surface area contributed by atoms with E-state index in [0.717, 1.165) is 11.1 Å². The first-order chi connectivity index (χ1) is 25.4. The van der Waals surface area contributed by atoms with E-state index in [4.69, 9.17) is 9.15 Å². The van der Waals surface area contributed by atoms with Crippen molar-refractivity contribution in [2.75, 3.05) is 39.3 Å². The monoisotopic (exact) mass is 735 g/mol. The van der Waals surface area contributed by atoms with Crippen molar-refractivity contribution in [1.82, 2.24) is 25.4 Å². The van der Waals surface area contributed by atoms with E-state index in [1.54, 1.807) is 41.6 Å². The summed E-state index contributed by atoms with van der Waals surface area (Å²) in [6.45, 7) is 1.16. The highest BCUT2D eigenvalue weighted by molar-refractivity contribution is 5.82. The average molecular weight is 736 g/mol. The minimum atomic E-state index is -4.60. The van der Waals surface area contributed by atoms with Gasteiger partial charge in [-0.25, -0.2) is 0 Å². The fraction of sp³-hybridized carbons (Fsp3) is 0.410. The molecule has 11 nitrogen and oxygen atoms in total. The molecule has 6 atom stereocenters. The number of aliphatic hydroxyl groups excluding tert-OH is 2. The second-order valence-electron chi connectivity index (χ2n) is 13.6. The summed E-state index contributed by atoms with van der Waals surface area (Å²) < 4.78 is 51.3. The lowest BCUT2D eigenvalue weighted by molar-refractivity contribution is -0.144. The predicted octanol–water partition coefficient (Wildman–Crippen LogP) is 4.29. The van der Waals surface area contributed by atoms with Crippen LogP contribution in [0.4, 0.5) is 13.2 Å². The largest absolute Gasteiger partial charge is 0.490 e. The Balaban J connectivity index is 1.16. The summed E-state index contributed by atoms with van der Waals surface area (Å²) in [6, 6.07) is 21.7. The SMILES string of the molecule is CC(c1ccc(-c2ccncc2)o1)N1CCN(C[C@@H](O)C[C@@H](Cc2ccccc2)C(=O)N[C@H]2c3ccccc3OC[C@H]2O)[C@H](C(=O)NCC(F)(F)F)C1. The van der Waals surface area contributed by atoms with Crippen molar-refractivity contribution in [3.05, 3.63) is 108 Å². The molecule has 0 spiro atoms. The van der Waals surface area contributed by atoms with Gasteiger partial charge in [-0.2, -0.15) is 13.2 Å². The molecule has 14 heteroatoms. The van der Waals surface area contributed by atoms with Gasteiger partial charge in [-0.3, -0.25) is 24.4 Å². The van der Waals surface area contributed by atoms with E-state index >= 15 is 0 Å². The number of aliphatic hydroxyl groups is 2. The molecule has 53 heavy (non-hydrogen) atoms. The molecule has 0 bridgehead atoms. The topological polar surface area (TPSA) is 140 Å². The third-order valence-corrected chi connectivity index (χ3v) is 9.88. The first-order valence-electron chi connectivity index (χ1n) is 17.7. The Labute approximate surface area is 305 Å². The van der Waals surface area contributed by atoms with Crippen molar-refractivity contribution in [3.8, 4) is 17.1 Å². The van der Waals surface area contributed by atoms with Crippen LogP contribution in [-0.2, 0) is 16.0 Å². The van der Waals surface area contributed by atoms with E-state index < -0.39 is 48.8 Å².